The van der Waals surface area contributed by atoms with Gasteiger partial charge in [-0.1, -0.05) is 35.7 Å². The van der Waals surface area contributed by atoms with E-state index in [9.17, 15) is 0 Å². The number of hydrogen-bond acceptors (Lipinski definition) is 0. The van der Waals surface area contributed by atoms with Crippen LogP contribution in [0, 0.1) is 0 Å². The third kappa shape index (κ3) is 8.52. The van der Waals surface area contributed by atoms with Crippen LogP contribution >= 0.6 is 36.7 Å². The molecule has 0 heterocycles. The third-order valence-electron chi connectivity index (χ3n) is 7.85. The number of hydrogen-bond donors (Lipinski definition) is 0. The van der Waals surface area contributed by atoms with Crippen molar-refractivity contribution in [3.8, 4) is 0 Å². The molecule has 0 bridgehead atoms. The Bertz CT molecular complexity index is 891. The number of alkyl halides is 1. The summed E-state index contributed by atoms with van der Waals surface area (Å²) < 4.78 is 0. The molecule has 0 aromatic heterocycles. The fourth-order valence-corrected chi connectivity index (χ4v) is 14.0. The van der Waals surface area contributed by atoms with E-state index < -0.39 is 5.31 Å². The molecular formula is C34H47Br2P. The van der Waals surface area contributed by atoms with Gasteiger partial charge in [-0.25, -0.2) is 0 Å². The van der Waals surface area contributed by atoms with Gasteiger partial charge in [0, 0.05) is 0 Å². The average Bonchev–Trinajstić information content (AvgIpc) is 2.96. The fraction of sp³-hybridized carbons (Fsp3) is 0.471. The Labute approximate surface area is 243 Å². The molecule has 3 rings (SSSR count). The summed E-state index contributed by atoms with van der Waals surface area (Å²) >= 11 is 8.45. The minimum atomic E-state index is -2.74. The maximum atomic E-state index is 4.59. The molecule has 0 radical (unpaired) electrons. The summed E-state index contributed by atoms with van der Waals surface area (Å²) in [5.41, 5.74) is 0. The van der Waals surface area contributed by atoms with Crippen molar-refractivity contribution in [1.29, 1.82) is 0 Å². The van der Waals surface area contributed by atoms with Gasteiger partial charge in [0.15, 0.2) is 0 Å². The van der Waals surface area contributed by atoms with Crippen LogP contribution in [0.5, 0.6) is 0 Å². The van der Waals surface area contributed by atoms with E-state index in [0.29, 0.717) is 0 Å². The monoisotopic (exact) mass is 644 g/mol. The van der Waals surface area contributed by atoms with Gasteiger partial charge in [-0.15, -0.1) is 0 Å². The zero-order valence-electron chi connectivity index (χ0n) is 22.8. The van der Waals surface area contributed by atoms with Crippen LogP contribution in [-0.4, -0.2) is 11.0 Å². The molecule has 0 aliphatic heterocycles. The summed E-state index contributed by atoms with van der Waals surface area (Å²) in [6.45, 7) is 2.28. The molecule has 3 aromatic rings. The summed E-state index contributed by atoms with van der Waals surface area (Å²) in [5, 5.41) is 1.57. The molecule has 0 aliphatic carbocycles. The molecule has 202 valence electrons. The first-order valence-corrected chi connectivity index (χ1v) is 20.0. The minimum absolute atomic E-state index is 0.739. The molecule has 37 heavy (non-hydrogen) atoms. The van der Waals surface area contributed by atoms with Gasteiger partial charge < -0.3 is 0 Å². The van der Waals surface area contributed by atoms with Gasteiger partial charge in [0.1, 0.15) is 0 Å². The van der Waals surface area contributed by atoms with E-state index in [1.165, 1.54) is 99.4 Å². The molecule has 0 aliphatic rings. The maximum absolute atomic E-state index is 4.59. The van der Waals surface area contributed by atoms with Gasteiger partial charge >= 0.3 is 203 Å². The summed E-state index contributed by atoms with van der Waals surface area (Å²) in [6, 6.07) is 33.7. The molecule has 0 fully saturated rings. The average molecular weight is 647 g/mol. The van der Waals surface area contributed by atoms with Gasteiger partial charge in [-0.2, -0.15) is 0 Å². The molecule has 1 unspecified atom stereocenters. The molecule has 3 aromatic carbocycles. The SMILES string of the molecule is CCCCC(Br)CCCCCCCCCCCP(Br)(c1ccccc1)(c1ccccc1)c1ccccc1. The number of benzene rings is 3. The van der Waals surface area contributed by atoms with Crippen molar-refractivity contribution in [2.24, 2.45) is 0 Å². The van der Waals surface area contributed by atoms with E-state index in [4.69, 9.17) is 0 Å². The first-order valence-electron chi connectivity index (χ1n) is 14.6. The summed E-state index contributed by atoms with van der Waals surface area (Å²) in [7, 11) is 0. The van der Waals surface area contributed by atoms with E-state index in [1.54, 1.807) is 0 Å². The van der Waals surface area contributed by atoms with Crippen LogP contribution in [0.25, 0.3) is 0 Å². The summed E-state index contributed by atoms with van der Waals surface area (Å²) in [5.74, 6) is 0. The fourth-order valence-electron chi connectivity index (χ4n) is 5.63. The second-order valence-corrected chi connectivity index (χ2v) is 21.0. The van der Waals surface area contributed by atoms with Crippen molar-refractivity contribution in [3.05, 3.63) is 91.0 Å². The topological polar surface area (TPSA) is 0 Å². The number of unbranched alkanes of at least 4 members (excludes halogenated alkanes) is 9. The first kappa shape index (κ1) is 30.6. The Morgan fingerprint density at radius 1 is 0.514 bits per heavy atom. The molecule has 0 nitrogen and oxygen atoms in total. The van der Waals surface area contributed by atoms with Crippen LogP contribution < -0.4 is 15.9 Å². The predicted octanol–water partition coefficient (Wildman–Crippen LogP) is 10.7. The molecule has 0 saturated heterocycles. The zero-order valence-corrected chi connectivity index (χ0v) is 26.9. The van der Waals surface area contributed by atoms with Gasteiger partial charge in [-0.3, -0.25) is 0 Å². The van der Waals surface area contributed by atoms with Crippen molar-refractivity contribution < 1.29 is 0 Å². The molecule has 0 amide bonds. The van der Waals surface area contributed by atoms with Crippen molar-refractivity contribution in [2.75, 3.05) is 6.16 Å². The Morgan fingerprint density at radius 2 is 0.865 bits per heavy atom. The Hall–Kier alpha value is -0.950. The molecule has 1 atom stereocenters. The van der Waals surface area contributed by atoms with Crippen LogP contribution in [0.2, 0.25) is 0 Å². The summed E-state index contributed by atoms with van der Waals surface area (Å²) in [4.78, 5) is 0.739. The van der Waals surface area contributed by atoms with Crippen molar-refractivity contribution in [1.82, 2.24) is 0 Å². The van der Waals surface area contributed by atoms with Gasteiger partial charge in [0.25, 0.3) is 0 Å². The van der Waals surface area contributed by atoms with E-state index in [2.05, 4.69) is 129 Å². The standard InChI is InChI=1S/C34H47Br2P/c1-2-3-22-31(35)23-14-9-7-5-4-6-8-10-21-30-37(36,32-24-15-11-16-25-32,33-26-17-12-18-27-33)34-28-19-13-20-29-34/h11-13,15-20,24-29,31H,2-10,14,21-23,30H2,1H3. The Kier molecular flexibility index (Phi) is 13.4. The molecule has 3 heteroatoms. The quantitative estimate of drug-likeness (QED) is 0.0733. The number of halogens is 2. The Balaban J connectivity index is 1.54. The van der Waals surface area contributed by atoms with Crippen LogP contribution in [0.3, 0.4) is 0 Å². The molecular weight excluding hydrogens is 599 g/mol. The third-order valence-corrected chi connectivity index (χ3v) is 18.8. The van der Waals surface area contributed by atoms with Gasteiger partial charge in [0.2, 0.25) is 0 Å². The molecule has 0 saturated carbocycles. The van der Waals surface area contributed by atoms with Crippen LogP contribution in [0.4, 0.5) is 0 Å². The van der Waals surface area contributed by atoms with Crippen molar-refractivity contribution in [2.45, 2.75) is 95.2 Å². The second kappa shape index (κ2) is 16.2. The first-order chi connectivity index (χ1) is 18.1. The van der Waals surface area contributed by atoms with E-state index >= 15 is 0 Å². The van der Waals surface area contributed by atoms with Crippen LogP contribution in [0.1, 0.15) is 90.4 Å². The second-order valence-electron chi connectivity index (χ2n) is 10.6. The van der Waals surface area contributed by atoms with Crippen molar-refractivity contribution >= 4 is 52.6 Å². The van der Waals surface area contributed by atoms with E-state index in [-0.39, 0.29) is 0 Å². The van der Waals surface area contributed by atoms with E-state index in [1.807, 2.05) is 0 Å². The van der Waals surface area contributed by atoms with Gasteiger partial charge in [0.05, 0.1) is 0 Å². The Morgan fingerprint density at radius 3 is 1.27 bits per heavy atom. The predicted molar refractivity (Wildman–Crippen MR) is 177 cm³/mol. The number of rotatable bonds is 18. The van der Waals surface area contributed by atoms with Gasteiger partial charge in [-0.05, 0) is 6.42 Å². The normalized spacial score (nSPS) is 13.6. The summed E-state index contributed by atoms with van der Waals surface area (Å²) in [6.07, 6.45) is 18.8. The zero-order chi connectivity index (χ0) is 26.3. The van der Waals surface area contributed by atoms with E-state index in [0.717, 1.165) is 11.0 Å². The molecule has 0 spiro atoms. The molecule has 0 N–H and O–H groups in total. The van der Waals surface area contributed by atoms with Crippen LogP contribution in [-0.2, 0) is 0 Å². The van der Waals surface area contributed by atoms with Crippen LogP contribution in [0.15, 0.2) is 91.0 Å². The van der Waals surface area contributed by atoms with Crippen molar-refractivity contribution in [3.63, 3.8) is 0 Å².